The van der Waals surface area contributed by atoms with Crippen molar-refractivity contribution >= 4 is 40.1 Å². The second-order valence-corrected chi connectivity index (χ2v) is 9.27. The van der Waals surface area contributed by atoms with Crippen LogP contribution in [0.1, 0.15) is 30.0 Å². The molecule has 2 aliphatic heterocycles. The molecule has 0 aromatic heterocycles. The molecule has 0 unspecified atom stereocenters. The van der Waals surface area contributed by atoms with Gasteiger partial charge in [0, 0.05) is 12.8 Å². The smallest absolute Gasteiger partial charge is 0.262 e. The lowest BCUT2D eigenvalue weighted by Gasteiger charge is -2.23. The van der Waals surface area contributed by atoms with Gasteiger partial charge in [-0.15, -0.1) is 0 Å². The van der Waals surface area contributed by atoms with Crippen molar-refractivity contribution in [3.63, 3.8) is 0 Å². The number of carbonyl (C=O) groups excluding carboxylic acids is 2. The summed E-state index contributed by atoms with van der Waals surface area (Å²) in [6.45, 7) is 0. The first-order chi connectivity index (χ1) is 17.0. The highest BCUT2D eigenvalue weighted by atomic mass is 32.2. The molecule has 35 heavy (non-hydrogen) atoms. The molecule has 2 amide bonds. The van der Waals surface area contributed by atoms with Crippen molar-refractivity contribution in [1.82, 2.24) is 5.01 Å². The molecule has 176 valence electrons. The fourth-order valence-corrected chi connectivity index (χ4v) is 5.03. The lowest BCUT2D eigenvalue weighted by atomic mass is 9.99. The molecular weight excluding hydrogens is 470 g/mol. The van der Waals surface area contributed by atoms with E-state index in [9.17, 15) is 18.4 Å². The summed E-state index contributed by atoms with van der Waals surface area (Å²) in [5.74, 6) is -1.83. The molecule has 0 fully saturated rings. The lowest BCUT2D eigenvalue weighted by molar-refractivity contribution is -0.121. The Morgan fingerprint density at radius 3 is 2.46 bits per heavy atom. The van der Waals surface area contributed by atoms with Gasteiger partial charge in [-0.05, 0) is 35.4 Å². The van der Waals surface area contributed by atoms with Crippen molar-refractivity contribution in [1.29, 1.82) is 0 Å². The number of hydrogen-bond acceptors (Lipinski definition) is 5. The summed E-state index contributed by atoms with van der Waals surface area (Å²) < 4.78 is 27.4. The van der Waals surface area contributed by atoms with E-state index in [-0.39, 0.29) is 24.0 Å². The second kappa shape index (κ2) is 9.79. The van der Waals surface area contributed by atoms with Crippen molar-refractivity contribution in [2.45, 2.75) is 24.1 Å². The largest absolute Gasteiger partial charge is 0.324 e. The van der Waals surface area contributed by atoms with Crippen LogP contribution in [-0.4, -0.2) is 33.0 Å². The number of amides is 2. The molecule has 0 spiro atoms. The first-order valence-electron chi connectivity index (χ1n) is 11.0. The molecule has 9 heteroatoms. The Morgan fingerprint density at radius 2 is 1.71 bits per heavy atom. The van der Waals surface area contributed by atoms with Crippen molar-refractivity contribution in [3.05, 3.63) is 102 Å². The fraction of sp³-hybridized carbons (Fsp3) is 0.154. The molecule has 0 saturated heterocycles. The van der Waals surface area contributed by atoms with Crippen LogP contribution < -0.4 is 5.32 Å². The number of hydrazone groups is 1. The average molecular weight is 491 g/mol. The maximum absolute atomic E-state index is 13.9. The number of carbonyl (C=O) groups is 2. The average Bonchev–Trinajstić information content (AvgIpc) is 3.46. The van der Waals surface area contributed by atoms with E-state index in [2.05, 4.69) is 10.3 Å². The maximum atomic E-state index is 13.9. The summed E-state index contributed by atoms with van der Waals surface area (Å²) in [6, 6.07) is 21.4. The van der Waals surface area contributed by atoms with Crippen LogP contribution in [0.25, 0.3) is 0 Å². The summed E-state index contributed by atoms with van der Waals surface area (Å²) >= 11 is 1.15. The van der Waals surface area contributed by atoms with Crippen molar-refractivity contribution in [2.75, 3.05) is 5.32 Å². The Kier molecular flexibility index (Phi) is 6.41. The van der Waals surface area contributed by atoms with Crippen LogP contribution in [0.4, 0.5) is 14.5 Å². The van der Waals surface area contributed by atoms with Gasteiger partial charge in [0.15, 0.2) is 5.17 Å². The van der Waals surface area contributed by atoms with Gasteiger partial charge >= 0.3 is 0 Å². The molecule has 0 radical (unpaired) electrons. The van der Waals surface area contributed by atoms with Crippen LogP contribution in [0.5, 0.6) is 0 Å². The van der Waals surface area contributed by atoms with E-state index in [0.29, 0.717) is 11.6 Å². The number of hydrogen-bond donors (Lipinski definition) is 1. The number of nitrogens with one attached hydrogen (secondary N) is 1. The van der Waals surface area contributed by atoms with Gasteiger partial charge in [-0.2, -0.15) is 10.1 Å². The molecule has 0 bridgehead atoms. The zero-order valence-electron chi connectivity index (χ0n) is 18.4. The maximum Gasteiger partial charge on any atom is 0.262 e. The van der Waals surface area contributed by atoms with Gasteiger partial charge in [0.05, 0.1) is 17.4 Å². The SMILES string of the molecule is O=C(C[C@@H]1SC(N2N=C(c3ccccc3)C[C@H]2c2ccc(F)cc2)=NC1=O)Nc1ccccc1F. The first-order valence-corrected chi connectivity index (χ1v) is 11.9. The Labute approximate surface area is 204 Å². The Morgan fingerprint density at radius 1 is 1.00 bits per heavy atom. The zero-order chi connectivity index (χ0) is 24.4. The summed E-state index contributed by atoms with van der Waals surface area (Å²) in [5.41, 5.74) is 2.65. The summed E-state index contributed by atoms with van der Waals surface area (Å²) in [5, 5.41) is 8.55. The van der Waals surface area contributed by atoms with Crippen LogP contribution in [0.3, 0.4) is 0 Å². The predicted molar refractivity (Wildman–Crippen MR) is 132 cm³/mol. The quantitative estimate of drug-likeness (QED) is 0.537. The van der Waals surface area contributed by atoms with Gasteiger partial charge < -0.3 is 5.32 Å². The van der Waals surface area contributed by atoms with E-state index in [0.717, 1.165) is 28.6 Å². The summed E-state index contributed by atoms with van der Waals surface area (Å²) in [7, 11) is 0. The van der Waals surface area contributed by atoms with E-state index >= 15 is 0 Å². The van der Waals surface area contributed by atoms with Crippen LogP contribution >= 0.6 is 11.8 Å². The number of halogens is 2. The minimum atomic E-state index is -0.749. The van der Waals surface area contributed by atoms with Crippen LogP contribution in [0.2, 0.25) is 0 Å². The molecule has 2 atom stereocenters. The fourth-order valence-electron chi connectivity index (χ4n) is 3.97. The van der Waals surface area contributed by atoms with Gasteiger partial charge in [-0.25, -0.2) is 13.8 Å². The number of benzene rings is 3. The van der Waals surface area contributed by atoms with E-state index in [1.165, 1.54) is 30.3 Å². The molecule has 3 aromatic rings. The molecule has 0 saturated carbocycles. The monoisotopic (exact) mass is 490 g/mol. The molecule has 2 heterocycles. The zero-order valence-corrected chi connectivity index (χ0v) is 19.2. The molecule has 3 aromatic carbocycles. The van der Waals surface area contributed by atoms with Crippen LogP contribution in [-0.2, 0) is 9.59 Å². The number of anilines is 1. The van der Waals surface area contributed by atoms with Gasteiger partial charge in [0.2, 0.25) is 5.91 Å². The number of thioether (sulfide) groups is 1. The number of para-hydroxylation sites is 1. The van der Waals surface area contributed by atoms with Gasteiger partial charge in [0.1, 0.15) is 16.9 Å². The van der Waals surface area contributed by atoms with Crippen molar-refractivity contribution in [3.8, 4) is 0 Å². The Hall–Kier alpha value is -3.85. The number of amidine groups is 1. The molecule has 1 N–H and O–H groups in total. The lowest BCUT2D eigenvalue weighted by Crippen LogP contribution is -2.25. The van der Waals surface area contributed by atoms with E-state index in [1.54, 1.807) is 23.2 Å². The van der Waals surface area contributed by atoms with E-state index in [1.807, 2.05) is 30.3 Å². The molecule has 5 rings (SSSR count). The van der Waals surface area contributed by atoms with Gasteiger partial charge in [-0.1, -0.05) is 66.4 Å². The van der Waals surface area contributed by atoms with Crippen molar-refractivity contribution in [2.24, 2.45) is 10.1 Å². The van der Waals surface area contributed by atoms with Crippen LogP contribution in [0.15, 0.2) is 89.0 Å². The first kappa shape index (κ1) is 22.9. The van der Waals surface area contributed by atoms with Gasteiger partial charge in [-0.3, -0.25) is 9.59 Å². The van der Waals surface area contributed by atoms with Crippen LogP contribution in [0, 0.1) is 11.6 Å². The topological polar surface area (TPSA) is 74.1 Å². The number of aliphatic imine (C=N–C) groups is 1. The minimum absolute atomic E-state index is 0.0575. The highest BCUT2D eigenvalue weighted by Gasteiger charge is 2.39. The standard InChI is InChI=1S/C26H20F2N4O2S/c27-18-12-10-17(11-13-18)22-14-21(16-6-2-1-3-7-16)31-32(22)26-30-25(34)23(35-26)15-24(33)29-20-9-5-4-8-19(20)28/h1-13,22-23H,14-15H2,(H,29,33)/t22-,23-/m0/s1. The number of rotatable bonds is 5. The number of nitrogens with zero attached hydrogens (tertiary/aromatic N) is 3. The molecule has 6 nitrogen and oxygen atoms in total. The highest BCUT2D eigenvalue weighted by molar-refractivity contribution is 8.15. The highest BCUT2D eigenvalue weighted by Crippen LogP contribution is 2.38. The normalized spacial score (nSPS) is 19.5. The Balaban J connectivity index is 1.35. The van der Waals surface area contributed by atoms with Crippen molar-refractivity contribution < 1.29 is 18.4 Å². The third-order valence-electron chi connectivity index (χ3n) is 5.72. The molecular formula is C26H20F2N4O2S. The van der Waals surface area contributed by atoms with E-state index < -0.39 is 22.9 Å². The Bertz CT molecular complexity index is 1330. The van der Waals surface area contributed by atoms with E-state index in [4.69, 9.17) is 5.10 Å². The third-order valence-corrected chi connectivity index (χ3v) is 6.86. The second-order valence-electron chi connectivity index (χ2n) is 8.10. The summed E-state index contributed by atoms with van der Waals surface area (Å²) in [4.78, 5) is 29.3. The summed E-state index contributed by atoms with van der Waals surface area (Å²) in [6.07, 6.45) is 0.386. The third kappa shape index (κ3) is 5.00. The molecule has 2 aliphatic rings. The molecule has 0 aliphatic carbocycles. The predicted octanol–water partition coefficient (Wildman–Crippen LogP) is 5.14. The van der Waals surface area contributed by atoms with Gasteiger partial charge in [0.25, 0.3) is 5.91 Å². The minimum Gasteiger partial charge on any atom is -0.324 e.